The molecule has 1 fully saturated rings. The lowest BCUT2D eigenvalue weighted by Crippen LogP contribution is -2.46. The molecule has 0 radical (unpaired) electrons. The maximum absolute atomic E-state index is 12.1. The normalized spacial score (nSPS) is 18.7. The molecule has 126 valence electrons. The molecule has 1 aromatic heterocycles. The summed E-state index contributed by atoms with van der Waals surface area (Å²) < 4.78 is 0. The van der Waals surface area contributed by atoms with E-state index in [1.165, 1.54) is 0 Å². The Balaban J connectivity index is 1.71. The highest BCUT2D eigenvalue weighted by Gasteiger charge is 2.26. The van der Waals surface area contributed by atoms with Crippen molar-refractivity contribution < 1.29 is 9.59 Å². The predicted octanol–water partition coefficient (Wildman–Crippen LogP) is 0.0508. The number of nitrogens with zero attached hydrogens (tertiary/aromatic N) is 2. The molecule has 1 saturated heterocycles. The van der Waals surface area contributed by atoms with Crippen molar-refractivity contribution in [3.63, 3.8) is 0 Å². The van der Waals surface area contributed by atoms with Gasteiger partial charge < -0.3 is 21.7 Å². The minimum absolute atomic E-state index is 0.00594. The van der Waals surface area contributed by atoms with Crippen molar-refractivity contribution in [1.29, 1.82) is 0 Å². The second-order valence-electron chi connectivity index (χ2n) is 6.01. The van der Waals surface area contributed by atoms with E-state index in [2.05, 4.69) is 10.3 Å². The molecule has 7 nitrogen and oxygen atoms in total. The third-order valence-electron chi connectivity index (χ3n) is 4.20. The summed E-state index contributed by atoms with van der Waals surface area (Å²) in [5.41, 5.74) is 12.7. The molecule has 2 rings (SSSR count). The molecule has 0 unspecified atom stereocenters. The van der Waals surface area contributed by atoms with Crippen molar-refractivity contribution >= 4 is 17.6 Å². The number of nitrogens with one attached hydrogen (secondary N) is 1. The van der Waals surface area contributed by atoms with E-state index in [0.29, 0.717) is 25.3 Å². The number of amides is 2. The van der Waals surface area contributed by atoms with Crippen LogP contribution in [0.15, 0.2) is 18.3 Å². The number of aryl methyl sites for hydroxylation is 1. The minimum atomic E-state index is -0.542. The zero-order valence-electron chi connectivity index (χ0n) is 13.5. The second kappa shape index (κ2) is 7.92. The van der Waals surface area contributed by atoms with Gasteiger partial charge in [-0.05, 0) is 37.3 Å². The van der Waals surface area contributed by atoms with E-state index in [9.17, 15) is 9.59 Å². The van der Waals surface area contributed by atoms with Crippen LogP contribution in [0.1, 0.15) is 31.7 Å². The molecule has 0 saturated carbocycles. The first-order valence-corrected chi connectivity index (χ1v) is 7.98. The smallest absolute Gasteiger partial charge is 0.237 e. The lowest BCUT2D eigenvalue weighted by Gasteiger charge is -2.18. The van der Waals surface area contributed by atoms with Crippen molar-refractivity contribution in [1.82, 2.24) is 15.2 Å². The molecule has 2 heterocycles. The van der Waals surface area contributed by atoms with E-state index in [1.807, 2.05) is 12.1 Å². The summed E-state index contributed by atoms with van der Waals surface area (Å²) in [7, 11) is 0. The molecular formula is C16H25N5O2. The molecule has 1 aromatic rings. The van der Waals surface area contributed by atoms with Crippen LogP contribution in [0.4, 0.5) is 5.82 Å². The number of nitrogens with two attached hydrogens (primary N) is 2. The highest BCUT2D eigenvalue weighted by atomic mass is 16.2. The lowest BCUT2D eigenvalue weighted by atomic mass is 10.0. The predicted molar refractivity (Wildman–Crippen MR) is 88.4 cm³/mol. The number of hydrogen-bond acceptors (Lipinski definition) is 5. The van der Waals surface area contributed by atoms with Crippen LogP contribution in [0.5, 0.6) is 0 Å². The number of hydrogen-bond donors (Lipinski definition) is 3. The van der Waals surface area contributed by atoms with Crippen LogP contribution in [0.25, 0.3) is 0 Å². The summed E-state index contributed by atoms with van der Waals surface area (Å²) >= 11 is 0. The van der Waals surface area contributed by atoms with Crippen molar-refractivity contribution in [3.8, 4) is 0 Å². The molecule has 0 aliphatic carbocycles. The van der Waals surface area contributed by atoms with Crippen molar-refractivity contribution in [2.45, 2.75) is 44.7 Å². The Morgan fingerprint density at radius 2 is 2.30 bits per heavy atom. The van der Waals surface area contributed by atoms with Gasteiger partial charge in [-0.2, -0.15) is 0 Å². The van der Waals surface area contributed by atoms with Crippen LogP contribution in [-0.4, -0.2) is 46.9 Å². The van der Waals surface area contributed by atoms with Gasteiger partial charge in [0.2, 0.25) is 11.8 Å². The second-order valence-corrected chi connectivity index (χ2v) is 6.01. The maximum Gasteiger partial charge on any atom is 0.237 e. The molecular weight excluding hydrogens is 294 g/mol. The van der Waals surface area contributed by atoms with E-state index in [4.69, 9.17) is 11.5 Å². The fraction of sp³-hybridized carbons (Fsp3) is 0.562. The Labute approximate surface area is 136 Å². The topological polar surface area (TPSA) is 114 Å². The molecule has 1 aliphatic rings. The summed E-state index contributed by atoms with van der Waals surface area (Å²) in [4.78, 5) is 29.2. The number of carbonyl (C=O) groups is 2. The number of nitrogen functional groups attached to an aromatic ring is 1. The van der Waals surface area contributed by atoms with Gasteiger partial charge in [-0.3, -0.25) is 9.59 Å². The Bertz CT molecular complexity index is 563. The standard InChI is InChI=1S/C16H25N5O2/c1-11(22)21-9-7-13(10-21)20-16(23)14(17)6-2-4-12-5-3-8-19-15(12)18/h3,5,8,13-14H,2,4,6-7,9-10,17H2,1H3,(H2,18,19)(H,20,23)/t13-,14+/m1/s1. The summed E-state index contributed by atoms with van der Waals surface area (Å²) in [5.74, 6) is 0.417. The zero-order chi connectivity index (χ0) is 16.8. The van der Waals surface area contributed by atoms with Gasteiger partial charge in [0.05, 0.1) is 6.04 Å². The largest absolute Gasteiger partial charge is 0.383 e. The highest BCUT2D eigenvalue weighted by molar-refractivity contribution is 5.82. The van der Waals surface area contributed by atoms with E-state index in [-0.39, 0.29) is 17.9 Å². The number of likely N-dealkylation sites (tertiary alicyclic amines) is 1. The first-order valence-electron chi connectivity index (χ1n) is 7.98. The molecule has 2 amide bonds. The van der Waals surface area contributed by atoms with Gasteiger partial charge in [0.15, 0.2) is 0 Å². The SMILES string of the molecule is CC(=O)N1CC[C@@H](NC(=O)[C@@H](N)CCCc2cccnc2N)C1. The minimum Gasteiger partial charge on any atom is -0.383 e. The number of aromatic nitrogens is 1. The Morgan fingerprint density at radius 1 is 1.52 bits per heavy atom. The summed E-state index contributed by atoms with van der Waals surface area (Å²) in [6.45, 7) is 2.80. The van der Waals surface area contributed by atoms with Crippen LogP contribution in [0.3, 0.4) is 0 Å². The maximum atomic E-state index is 12.1. The fourth-order valence-electron chi connectivity index (χ4n) is 2.78. The third-order valence-corrected chi connectivity index (χ3v) is 4.20. The van der Waals surface area contributed by atoms with Gasteiger partial charge in [-0.25, -0.2) is 4.98 Å². The van der Waals surface area contributed by atoms with E-state index in [0.717, 1.165) is 24.8 Å². The molecule has 0 bridgehead atoms. The van der Waals surface area contributed by atoms with Crippen molar-refractivity contribution in [2.24, 2.45) is 5.73 Å². The van der Waals surface area contributed by atoms with E-state index < -0.39 is 6.04 Å². The van der Waals surface area contributed by atoms with Crippen LogP contribution >= 0.6 is 0 Å². The number of pyridine rings is 1. The average Bonchev–Trinajstić information content (AvgIpc) is 2.97. The van der Waals surface area contributed by atoms with Crippen molar-refractivity contribution in [3.05, 3.63) is 23.9 Å². The Morgan fingerprint density at radius 3 is 2.96 bits per heavy atom. The first kappa shape index (κ1) is 17.2. The van der Waals surface area contributed by atoms with Crippen LogP contribution in [-0.2, 0) is 16.0 Å². The molecule has 7 heteroatoms. The third kappa shape index (κ3) is 4.92. The first-order chi connectivity index (χ1) is 11.0. The van der Waals surface area contributed by atoms with Gasteiger partial charge >= 0.3 is 0 Å². The number of rotatable bonds is 6. The van der Waals surface area contributed by atoms with Gasteiger partial charge in [-0.1, -0.05) is 6.07 Å². The molecule has 23 heavy (non-hydrogen) atoms. The van der Waals surface area contributed by atoms with Crippen LogP contribution < -0.4 is 16.8 Å². The van der Waals surface area contributed by atoms with Crippen LogP contribution in [0, 0.1) is 0 Å². The zero-order valence-corrected chi connectivity index (χ0v) is 13.5. The molecule has 0 aromatic carbocycles. The quantitative estimate of drug-likeness (QED) is 0.685. The Kier molecular flexibility index (Phi) is 5.92. The molecule has 2 atom stereocenters. The summed E-state index contributed by atoms with van der Waals surface area (Å²) in [6, 6.07) is 3.24. The van der Waals surface area contributed by atoms with E-state index in [1.54, 1.807) is 18.0 Å². The van der Waals surface area contributed by atoms with Gasteiger partial charge in [0.1, 0.15) is 5.82 Å². The average molecular weight is 319 g/mol. The summed E-state index contributed by atoms with van der Waals surface area (Å²) in [6.07, 6.45) is 4.55. The highest BCUT2D eigenvalue weighted by Crippen LogP contribution is 2.12. The number of carbonyl (C=O) groups excluding carboxylic acids is 2. The number of anilines is 1. The monoisotopic (exact) mass is 319 g/mol. The van der Waals surface area contributed by atoms with E-state index >= 15 is 0 Å². The molecule has 0 spiro atoms. The lowest BCUT2D eigenvalue weighted by molar-refractivity contribution is -0.128. The Hall–Kier alpha value is -2.15. The summed E-state index contributed by atoms with van der Waals surface area (Å²) in [5, 5.41) is 2.93. The molecule has 5 N–H and O–H groups in total. The van der Waals surface area contributed by atoms with Crippen LogP contribution in [0.2, 0.25) is 0 Å². The van der Waals surface area contributed by atoms with Gasteiger partial charge in [-0.15, -0.1) is 0 Å². The van der Waals surface area contributed by atoms with Crippen molar-refractivity contribution in [2.75, 3.05) is 18.8 Å². The van der Waals surface area contributed by atoms with Gasteiger partial charge in [0, 0.05) is 32.3 Å². The fourth-order valence-corrected chi connectivity index (χ4v) is 2.78. The van der Waals surface area contributed by atoms with Gasteiger partial charge in [0.25, 0.3) is 0 Å². The molecule has 1 aliphatic heterocycles.